The van der Waals surface area contributed by atoms with Gasteiger partial charge in [-0.3, -0.25) is 0 Å². The van der Waals surface area contributed by atoms with Gasteiger partial charge in [0.05, 0.1) is 5.69 Å². The zero-order valence-corrected chi connectivity index (χ0v) is 22.2. The van der Waals surface area contributed by atoms with Crippen LogP contribution in [0.15, 0.2) is 40.8 Å². The van der Waals surface area contributed by atoms with Crippen molar-refractivity contribution in [1.82, 2.24) is 0 Å². The lowest BCUT2D eigenvalue weighted by Crippen LogP contribution is -2.35. The molecule has 2 heteroatoms. The van der Waals surface area contributed by atoms with Crippen molar-refractivity contribution in [2.45, 2.75) is 104 Å². The molecule has 0 saturated heterocycles. The number of thiophene rings is 1. The highest BCUT2D eigenvalue weighted by molar-refractivity contribution is 7.17. The van der Waals surface area contributed by atoms with E-state index in [-0.39, 0.29) is 16.2 Å². The minimum Gasteiger partial charge on any atom is -0.377 e. The molecule has 3 aliphatic carbocycles. The van der Waals surface area contributed by atoms with Gasteiger partial charge in [-0.05, 0) is 88.2 Å². The van der Waals surface area contributed by atoms with Crippen molar-refractivity contribution < 1.29 is 0 Å². The monoisotopic (exact) mass is 447 g/mol. The molecule has 1 atom stereocenters. The Labute approximate surface area is 199 Å². The van der Waals surface area contributed by atoms with E-state index in [4.69, 9.17) is 0 Å². The largest absolute Gasteiger partial charge is 0.377 e. The van der Waals surface area contributed by atoms with E-state index in [1.165, 1.54) is 41.5 Å². The van der Waals surface area contributed by atoms with Gasteiger partial charge in [0.1, 0.15) is 0 Å². The van der Waals surface area contributed by atoms with Gasteiger partial charge in [0.2, 0.25) is 0 Å². The predicted molar refractivity (Wildman–Crippen MR) is 142 cm³/mol. The second-order valence-electron chi connectivity index (χ2n) is 13.3. The molecule has 1 saturated carbocycles. The van der Waals surface area contributed by atoms with Crippen LogP contribution < -0.4 is 5.32 Å². The summed E-state index contributed by atoms with van der Waals surface area (Å²) in [5.41, 5.74) is 8.71. The molecular weight excluding hydrogens is 406 g/mol. The van der Waals surface area contributed by atoms with E-state index < -0.39 is 0 Å². The molecule has 32 heavy (non-hydrogen) atoms. The molecule has 1 unspecified atom stereocenters. The highest BCUT2D eigenvalue weighted by Crippen LogP contribution is 2.54. The highest BCUT2D eigenvalue weighted by atomic mass is 32.1. The van der Waals surface area contributed by atoms with Gasteiger partial charge < -0.3 is 5.32 Å². The summed E-state index contributed by atoms with van der Waals surface area (Å²) in [4.78, 5) is 0. The second-order valence-corrected chi connectivity index (χ2v) is 14.2. The van der Waals surface area contributed by atoms with Crippen LogP contribution in [-0.4, -0.2) is 6.04 Å². The molecule has 1 N–H and O–H groups in total. The molecule has 3 aliphatic rings. The summed E-state index contributed by atoms with van der Waals surface area (Å²) in [6.07, 6.45) is 11.3. The van der Waals surface area contributed by atoms with Crippen molar-refractivity contribution in [2.24, 2.45) is 10.8 Å². The standard InChI is InChI=1S/C30H41NS/c1-27(2)11-12-28(3,4)22-15-19(9-10-21(22)27)31-25-18-32-26-17-24-23(16-20(25)26)29(5,6)13-14-30(24,7)8/h10,15-19,31H,9,11-14H2,1-8H3. The number of allylic oxidation sites excluding steroid dienone is 2. The number of nitrogens with one attached hydrogen (secondary N) is 1. The van der Waals surface area contributed by atoms with Crippen LogP contribution in [0.2, 0.25) is 0 Å². The number of hydrogen-bond donors (Lipinski definition) is 1. The van der Waals surface area contributed by atoms with Crippen molar-refractivity contribution in [3.63, 3.8) is 0 Å². The number of anilines is 1. The maximum Gasteiger partial charge on any atom is 0.0533 e. The zero-order chi connectivity index (χ0) is 23.1. The first kappa shape index (κ1) is 22.3. The van der Waals surface area contributed by atoms with Gasteiger partial charge in [0, 0.05) is 21.5 Å². The van der Waals surface area contributed by atoms with Crippen LogP contribution in [0, 0.1) is 10.8 Å². The van der Waals surface area contributed by atoms with E-state index in [1.807, 2.05) is 11.3 Å². The molecule has 0 bridgehead atoms. The van der Waals surface area contributed by atoms with E-state index in [2.05, 4.69) is 90.4 Å². The van der Waals surface area contributed by atoms with Crippen LogP contribution in [-0.2, 0) is 10.8 Å². The van der Waals surface area contributed by atoms with Crippen molar-refractivity contribution in [1.29, 1.82) is 0 Å². The quantitative estimate of drug-likeness (QED) is 0.484. The van der Waals surface area contributed by atoms with Crippen LogP contribution in [0.4, 0.5) is 5.69 Å². The lowest BCUT2D eigenvalue weighted by Gasteiger charge is -2.46. The molecule has 5 rings (SSSR count). The van der Waals surface area contributed by atoms with Crippen LogP contribution >= 0.6 is 11.3 Å². The number of rotatable bonds is 2. The van der Waals surface area contributed by atoms with Gasteiger partial charge in [-0.25, -0.2) is 0 Å². The number of hydrogen-bond acceptors (Lipinski definition) is 2. The van der Waals surface area contributed by atoms with Gasteiger partial charge in [-0.15, -0.1) is 11.3 Å². The summed E-state index contributed by atoms with van der Waals surface area (Å²) in [5.74, 6) is 0. The Bertz CT molecular complexity index is 1140. The fourth-order valence-electron chi connectivity index (χ4n) is 6.34. The number of fused-ring (bicyclic) bond motifs is 3. The van der Waals surface area contributed by atoms with E-state index in [0.29, 0.717) is 11.5 Å². The van der Waals surface area contributed by atoms with Gasteiger partial charge in [-0.2, -0.15) is 0 Å². The Morgan fingerprint density at radius 2 is 1.31 bits per heavy atom. The molecule has 0 amide bonds. The lowest BCUT2D eigenvalue weighted by atomic mass is 9.59. The summed E-state index contributed by atoms with van der Waals surface area (Å²) in [6, 6.07) is 5.40. The van der Waals surface area contributed by atoms with Gasteiger partial charge >= 0.3 is 0 Å². The summed E-state index contributed by atoms with van der Waals surface area (Å²) in [5, 5.41) is 7.71. The normalized spacial score (nSPS) is 27.2. The van der Waals surface area contributed by atoms with Crippen LogP contribution in [0.3, 0.4) is 0 Å². The summed E-state index contributed by atoms with van der Waals surface area (Å²) < 4.78 is 1.43. The van der Waals surface area contributed by atoms with Gasteiger partial charge in [0.25, 0.3) is 0 Å². The average Bonchev–Trinajstić information content (AvgIpc) is 3.10. The summed E-state index contributed by atoms with van der Waals surface area (Å²) in [7, 11) is 0. The van der Waals surface area contributed by atoms with Crippen molar-refractivity contribution in [3.8, 4) is 0 Å². The molecule has 0 spiro atoms. The molecule has 2 aromatic rings. The third-order valence-corrected chi connectivity index (χ3v) is 9.90. The summed E-state index contributed by atoms with van der Waals surface area (Å²) in [6.45, 7) is 19.4. The first-order chi connectivity index (χ1) is 14.8. The molecule has 172 valence electrons. The Hall–Kier alpha value is -1.54. The Morgan fingerprint density at radius 1 is 0.750 bits per heavy atom. The fraction of sp³-hybridized carbons (Fsp3) is 0.600. The molecule has 0 aliphatic heterocycles. The van der Waals surface area contributed by atoms with E-state index in [1.54, 1.807) is 22.3 Å². The number of benzene rings is 1. The zero-order valence-electron chi connectivity index (χ0n) is 21.4. The maximum atomic E-state index is 3.95. The maximum absolute atomic E-state index is 3.95. The average molecular weight is 448 g/mol. The van der Waals surface area contributed by atoms with Gasteiger partial charge in [0.15, 0.2) is 0 Å². The SMILES string of the molecule is CC1(C)CCC(C)(C)C2=CC(Nc3csc4cc5c(cc34)C(C)(C)CCC5(C)C)CC=C21. The summed E-state index contributed by atoms with van der Waals surface area (Å²) >= 11 is 1.90. The third-order valence-electron chi connectivity index (χ3n) is 8.95. The molecule has 1 aromatic heterocycles. The van der Waals surface area contributed by atoms with Gasteiger partial charge in [-0.1, -0.05) is 67.5 Å². The molecule has 0 radical (unpaired) electrons. The predicted octanol–water partition coefficient (Wildman–Crippen LogP) is 9.13. The van der Waals surface area contributed by atoms with E-state index in [0.717, 1.165) is 6.42 Å². The second kappa shape index (κ2) is 6.98. The van der Waals surface area contributed by atoms with E-state index in [9.17, 15) is 0 Å². The van der Waals surface area contributed by atoms with Crippen LogP contribution in [0.1, 0.15) is 98.6 Å². The molecular formula is C30H41NS. The Balaban J connectivity index is 1.51. The lowest BCUT2D eigenvalue weighted by molar-refractivity contribution is 0.256. The topological polar surface area (TPSA) is 12.0 Å². The van der Waals surface area contributed by atoms with Crippen molar-refractivity contribution in [2.75, 3.05) is 5.32 Å². The smallest absolute Gasteiger partial charge is 0.0533 e. The third kappa shape index (κ3) is 3.49. The Morgan fingerprint density at radius 3 is 1.97 bits per heavy atom. The molecule has 1 heterocycles. The van der Waals surface area contributed by atoms with E-state index >= 15 is 0 Å². The highest BCUT2D eigenvalue weighted by Gasteiger charge is 2.41. The van der Waals surface area contributed by atoms with Crippen molar-refractivity contribution in [3.05, 3.63) is 51.9 Å². The minimum atomic E-state index is 0.250. The minimum absolute atomic E-state index is 0.250. The molecule has 1 fully saturated rings. The first-order valence-corrected chi connectivity index (χ1v) is 13.4. The fourth-order valence-corrected chi connectivity index (χ4v) is 7.26. The molecule has 1 aromatic carbocycles. The van der Waals surface area contributed by atoms with Crippen LogP contribution in [0.25, 0.3) is 10.1 Å². The first-order valence-electron chi connectivity index (χ1n) is 12.6. The van der Waals surface area contributed by atoms with Crippen LogP contribution in [0.5, 0.6) is 0 Å². The molecule has 1 nitrogen and oxygen atoms in total. The van der Waals surface area contributed by atoms with Crippen molar-refractivity contribution >= 4 is 27.1 Å². The Kier molecular flexibility index (Phi) is 4.86.